The van der Waals surface area contributed by atoms with E-state index in [2.05, 4.69) is 30.2 Å². The Labute approximate surface area is 283 Å². The maximum atomic E-state index is 11.1. The first-order chi connectivity index (χ1) is 20.3. The second-order valence-electron chi connectivity index (χ2n) is 11.4. The Morgan fingerprint density at radius 2 is 1.00 bits per heavy atom. The van der Waals surface area contributed by atoms with Gasteiger partial charge in [0.05, 0.1) is 42.5 Å². The van der Waals surface area contributed by atoms with Crippen LogP contribution in [0.25, 0.3) is 0 Å². The molecule has 0 saturated heterocycles. The van der Waals surface area contributed by atoms with Crippen molar-refractivity contribution in [1.82, 2.24) is 0 Å². The molecule has 0 heterocycles. The lowest BCUT2D eigenvalue weighted by Crippen LogP contribution is -2.24. The predicted octanol–water partition coefficient (Wildman–Crippen LogP) is 8.66. The summed E-state index contributed by atoms with van der Waals surface area (Å²) in [6.45, 7) is 28.9. The highest BCUT2D eigenvalue weighted by atomic mass is 33.1. The van der Waals surface area contributed by atoms with Gasteiger partial charge in [-0.15, -0.1) is 0 Å². The molecule has 0 fully saturated rings. The van der Waals surface area contributed by atoms with Crippen LogP contribution < -0.4 is 0 Å². The van der Waals surface area contributed by atoms with Crippen LogP contribution in [0.2, 0.25) is 0 Å². The topological polar surface area (TPSA) is 125 Å². The smallest absolute Gasteiger partial charge is 0.439 e. The Kier molecular flexibility index (Phi) is 42.1. The van der Waals surface area contributed by atoms with E-state index in [1.165, 1.54) is 19.1 Å². The van der Waals surface area contributed by atoms with Gasteiger partial charge in [0, 0.05) is 18.4 Å². The second kappa shape index (κ2) is 35.6. The van der Waals surface area contributed by atoms with Crippen LogP contribution in [0.4, 0.5) is 4.79 Å². The van der Waals surface area contributed by atoms with E-state index < -0.39 is 11.6 Å². The molecule has 0 N–H and O–H groups in total. The van der Waals surface area contributed by atoms with E-state index in [0.717, 1.165) is 12.4 Å². The fraction of sp³-hybridized carbons (Fsp3) is 0.906. The molecule has 0 radical (unpaired) electrons. The molecule has 274 valence electrons. The molecule has 45 heavy (non-hydrogen) atoms. The Morgan fingerprint density at radius 3 is 1.36 bits per heavy atom. The van der Waals surface area contributed by atoms with Gasteiger partial charge in [-0.05, 0) is 96.4 Å². The molecule has 0 spiro atoms. The molecule has 11 nitrogen and oxygen atoms in total. The van der Waals surface area contributed by atoms with Crippen molar-refractivity contribution < 1.29 is 52.3 Å². The van der Waals surface area contributed by atoms with E-state index in [1.54, 1.807) is 13.8 Å². The molecule has 0 aliphatic carbocycles. The van der Waals surface area contributed by atoms with Crippen molar-refractivity contribution in [2.45, 2.75) is 148 Å². The van der Waals surface area contributed by atoms with Crippen LogP contribution in [0.5, 0.6) is 0 Å². The van der Waals surface area contributed by atoms with E-state index in [1.807, 2.05) is 83.9 Å². The first-order valence-electron chi connectivity index (χ1n) is 15.1. The average Bonchev–Trinajstić information content (AvgIpc) is 2.85. The first kappa shape index (κ1) is 53.2. The number of rotatable bonds is 17. The molecule has 0 saturated carbocycles. The fourth-order valence-corrected chi connectivity index (χ4v) is 3.63. The number of carbonyl (C=O) groups excluding carboxylic acids is 3. The quantitative estimate of drug-likeness (QED) is 0.0475. The van der Waals surface area contributed by atoms with Gasteiger partial charge in [0.15, 0.2) is 20.4 Å². The summed E-state index contributed by atoms with van der Waals surface area (Å²) in [6, 6.07) is 0. The molecule has 0 aromatic rings. The molecule has 0 bridgehead atoms. The molecule has 0 unspecified atom stereocenters. The Balaban J connectivity index is -0.000000158. The largest absolute Gasteiger partial charge is 0.510 e. The van der Waals surface area contributed by atoms with Crippen molar-refractivity contribution in [3.63, 3.8) is 0 Å². The average molecular weight is 693 g/mol. The van der Waals surface area contributed by atoms with E-state index in [-0.39, 0.29) is 64.2 Å². The number of carbonyl (C=O) groups is 3. The lowest BCUT2D eigenvalue weighted by Gasteiger charge is -2.17. The normalized spacial score (nSPS) is 10.6. The van der Waals surface area contributed by atoms with Gasteiger partial charge >= 0.3 is 18.1 Å². The van der Waals surface area contributed by atoms with Crippen LogP contribution in [-0.4, -0.2) is 87.1 Å². The second-order valence-corrected chi connectivity index (χ2v) is 14.1. The highest BCUT2D eigenvalue weighted by molar-refractivity contribution is 8.76. The molecule has 0 aromatic heterocycles. The summed E-state index contributed by atoms with van der Waals surface area (Å²) in [7, 11) is 3.85. The zero-order valence-corrected chi connectivity index (χ0v) is 31.8. The molecule has 0 aromatic carbocycles. The van der Waals surface area contributed by atoms with Crippen LogP contribution >= 0.6 is 21.6 Å². The zero-order chi connectivity index (χ0) is 35.1. The summed E-state index contributed by atoms with van der Waals surface area (Å²) in [5.41, 5.74) is -0.444. The molecule has 0 aliphatic rings. The van der Waals surface area contributed by atoms with Crippen molar-refractivity contribution in [3.05, 3.63) is 0 Å². The van der Waals surface area contributed by atoms with Crippen molar-refractivity contribution in [2.75, 3.05) is 38.5 Å². The zero-order valence-electron chi connectivity index (χ0n) is 30.1. The number of ether oxygens (including phenoxy) is 8. The highest BCUT2D eigenvalue weighted by Gasteiger charge is 2.22. The summed E-state index contributed by atoms with van der Waals surface area (Å²) in [5, 5.41) is 0. The molecule has 13 heteroatoms. The van der Waals surface area contributed by atoms with Crippen LogP contribution in [0.15, 0.2) is 0 Å². The van der Waals surface area contributed by atoms with E-state index in [0.29, 0.717) is 6.10 Å². The fourth-order valence-electron chi connectivity index (χ4n) is 1.66. The first-order valence-corrected chi connectivity index (χ1v) is 17.6. The molecule has 0 aliphatic heterocycles. The van der Waals surface area contributed by atoms with E-state index >= 15 is 0 Å². The van der Waals surface area contributed by atoms with Crippen molar-refractivity contribution in [2.24, 2.45) is 5.41 Å². The summed E-state index contributed by atoms with van der Waals surface area (Å²) in [4.78, 5) is 32.0. The van der Waals surface area contributed by atoms with Crippen LogP contribution in [0.3, 0.4) is 0 Å². The third kappa shape index (κ3) is 58.8. The van der Waals surface area contributed by atoms with Gasteiger partial charge in [0.1, 0.15) is 0 Å². The number of esters is 2. The van der Waals surface area contributed by atoms with Gasteiger partial charge in [-0.2, -0.15) is 0 Å². The minimum absolute atomic E-state index is 0. The Hall–Kier alpha value is -1.25. The Morgan fingerprint density at radius 1 is 0.600 bits per heavy atom. The lowest BCUT2D eigenvalue weighted by molar-refractivity contribution is -0.168. The summed E-state index contributed by atoms with van der Waals surface area (Å²) >= 11 is 0. The monoisotopic (exact) mass is 692 g/mol. The summed E-state index contributed by atoms with van der Waals surface area (Å²) in [6.07, 6.45) is 1.07. The maximum absolute atomic E-state index is 11.1. The van der Waals surface area contributed by atoms with Crippen molar-refractivity contribution in [1.29, 1.82) is 0 Å². The number of hydrogen-bond acceptors (Lipinski definition) is 13. The maximum Gasteiger partial charge on any atom is 0.510 e. The minimum Gasteiger partial charge on any atom is -0.439 e. The van der Waals surface area contributed by atoms with Gasteiger partial charge in [0.25, 0.3) is 0 Å². The molecule has 0 amide bonds. The molecule has 0 rings (SSSR count). The summed E-state index contributed by atoms with van der Waals surface area (Å²) < 4.78 is 39.0. The standard InChI is InChI=1S/C9H18O3.C8H16O4.C8H18OS2.C6H12O3.CH4/c1-7(2)11-6-12-8(10)9(3,4)5;1-6(2)10-5-11-8(9)12-7(3)4;1-4-6-10-11-7-5-9-8(2)3;1-5(2)8-4-9-6(3)7;/h7H,6H2,1-5H3;6-7H,5H2,1-4H3;8H,4-7H2,1-3H3;5H,4H2,1-3H3;1H4. The third-order valence-corrected chi connectivity index (χ3v) is 6.34. The van der Waals surface area contributed by atoms with E-state index in [9.17, 15) is 14.4 Å². The number of hydrogen-bond donors (Lipinski definition) is 0. The van der Waals surface area contributed by atoms with E-state index in [4.69, 9.17) is 28.4 Å². The van der Waals surface area contributed by atoms with Crippen LogP contribution in [0.1, 0.15) is 118 Å². The highest BCUT2D eigenvalue weighted by Crippen LogP contribution is 2.21. The molecular formula is C32H68O11S2. The van der Waals surface area contributed by atoms with Gasteiger partial charge < -0.3 is 37.9 Å². The SMILES string of the molecule is C.CC(=O)OCOC(C)C.CC(C)OCOC(=O)C(C)(C)C.CC(C)OCOC(=O)OC(C)C.CCCSSCCOC(C)C. The third-order valence-electron chi connectivity index (χ3n) is 3.77. The van der Waals surface area contributed by atoms with Gasteiger partial charge in [-0.25, -0.2) is 4.79 Å². The van der Waals surface area contributed by atoms with Gasteiger partial charge in [0.2, 0.25) is 0 Å². The summed E-state index contributed by atoms with van der Waals surface area (Å²) in [5.74, 6) is 1.83. The van der Waals surface area contributed by atoms with Crippen LogP contribution in [-0.2, 0) is 47.5 Å². The Bertz CT molecular complexity index is 666. The molecule has 0 atom stereocenters. The van der Waals surface area contributed by atoms with Gasteiger partial charge in [-0.3, -0.25) is 9.59 Å². The minimum atomic E-state index is -0.689. The van der Waals surface area contributed by atoms with Crippen molar-refractivity contribution in [3.8, 4) is 0 Å². The lowest BCUT2D eigenvalue weighted by atomic mass is 9.98. The van der Waals surface area contributed by atoms with Gasteiger partial charge in [-0.1, -0.05) is 35.9 Å². The van der Waals surface area contributed by atoms with Crippen molar-refractivity contribution >= 4 is 39.7 Å². The molecular weight excluding hydrogens is 624 g/mol. The predicted molar refractivity (Wildman–Crippen MR) is 186 cm³/mol. The van der Waals surface area contributed by atoms with Crippen LogP contribution in [0, 0.1) is 5.41 Å².